The van der Waals surface area contributed by atoms with Crippen LogP contribution in [0.4, 0.5) is 10.1 Å². The monoisotopic (exact) mass is 288 g/mol. The summed E-state index contributed by atoms with van der Waals surface area (Å²) < 4.78 is 13.0. The summed E-state index contributed by atoms with van der Waals surface area (Å²) in [6.45, 7) is 2.62. The van der Waals surface area contributed by atoms with Crippen LogP contribution in [0.5, 0.6) is 0 Å². The summed E-state index contributed by atoms with van der Waals surface area (Å²) in [6, 6.07) is 2.91. The minimum Gasteiger partial charge on any atom is -0.337 e. The maximum atomic E-state index is 13.0. The van der Waals surface area contributed by atoms with Gasteiger partial charge in [0.15, 0.2) is 0 Å². The number of nitrogens with zero attached hydrogens (tertiary/aromatic N) is 2. The summed E-state index contributed by atoms with van der Waals surface area (Å²) in [7, 11) is 0. The number of hydrogen-bond donors (Lipinski definition) is 0. The van der Waals surface area contributed by atoms with Crippen molar-refractivity contribution in [3.63, 3.8) is 0 Å². The Morgan fingerprint density at radius 3 is 2.68 bits per heavy atom. The maximum absolute atomic E-state index is 13.0. The number of carbonyl (C=O) groups is 1. The Morgan fingerprint density at radius 1 is 1.47 bits per heavy atom. The molecule has 1 aromatic rings. The van der Waals surface area contributed by atoms with Gasteiger partial charge in [-0.2, -0.15) is 0 Å². The normalized spacial score (nSPS) is 10.3. The van der Waals surface area contributed by atoms with E-state index in [0.717, 1.165) is 18.2 Å². The van der Waals surface area contributed by atoms with Crippen LogP contribution in [0.25, 0.3) is 0 Å². The van der Waals surface area contributed by atoms with Crippen molar-refractivity contribution in [2.24, 2.45) is 0 Å². The third kappa shape index (κ3) is 3.89. The zero-order valence-corrected chi connectivity index (χ0v) is 11.2. The number of benzene rings is 1. The molecular weight excluding hydrogens is 275 g/mol. The molecule has 0 unspecified atom stereocenters. The lowest BCUT2D eigenvalue weighted by molar-refractivity contribution is -0.385. The zero-order valence-electron chi connectivity index (χ0n) is 10.4. The molecule has 1 rings (SSSR count). The van der Waals surface area contributed by atoms with Gasteiger partial charge in [-0.3, -0.25) is 14.9 Å². The third-order valence-electron chi connectivity index (χ3n) is 2.52. The van der Waals surface area contributed by atoms with Crippen molar-refractivity contribution in [1.29, 1.82) is 0 Å². The Kier molecular flexibility index (Phi) is 5.69. The molecule has 7 heteroatoms. The fraction of sp³-hybridized carbons (Fsp3) is 0.417. The maximum Gasteiger partial charge on any atom is 0.285 e. The fourth-order valence-corrected chi connectivity index (χ4v) is 1.90. The van der Waals surface area contributed by atoms with Crippen LogP contribution in [0.15, 0.2) is 18.2 Å². The van der Waals surface area contributed by atoms with Crippen molar-refractivity contribution in [2.45, 2.75) is 13.3 Å². The predicted octanol–water partition coefficient (Wildman–Crippen LogP) is 2.82. The summed E-state index contributed by atoms with van der Waals surface area (Å²) >= 11 is 5.60. The number of amides is 1. The molecule has 0 fully saturated rings. The molecule has 0 spiro atoms. The Labute approximate surface area is 115 Å². The van der Waals surface area contributed by atoms with E-state index in [2.05, 4.69) is 0 Å². The highest BCUT2D eigenvalue weighted by molar-refractivity contribution is 6.18. The third-order valence-corrected chi connectivity index (χ3v) is 2.69. The van der Waals surface area contributed by atoms with Crippen LogP contribution in [0.3, 0.4) is 0 Å². The number of hydrogen-bond acceptors (Lipinski definition) is 3. The van der Waals surface area contributed by atoms with Gasteiger partial charge in [0.25, 0.3) is 11.6 Å². The number of nitro benzene ring substituents is 1. The molecule has 0 bridgehead atoms. The Hall–Kier alpha value is -1.69. The Morgan fingerprint density at radius 2 is 2.16 bits per heavy atom. The first kappa shape index (κ1) is 15.4. The zero-order chi connectivity index (χ0) is 14.4. The van der Waals surface area contributed by atoms with E-state index in [1.165, 1.54) is 4.90 Å². The molecule has 0 heterocycles. The Bertz CT molecular complexity index is 476. The van der Waals surface area contributed by atoms with Crippen molar-refractivity contribution < 1.29 is 14.1 Å². The lowest BCUT2D eigenvalue weighted by Gasteiger charge is -2.20. The molecule has 0 aliphatic carbocycles. The lowest BCUT2D eigenvalue weighted by Crippen LogP contribution is -2.33. The topological polar surface area (TPSA) is 63.5 Å². The molecule has 0 N–H and O–H groups in total. The highest BCUT2D eigenvalue weighted by Gasteiger charge is 2.24. The van der Waals surface area contributed by atoms with E-state index in [0.29, 0.717) is 19.5 Å². The van der Waals surface area contributed by atoms with Gasteiger partial charge in [0.1, 0.15) is 11.4 Å². The average Bonchev–Trinajstić information content (AvgIpc) is 2.37. The van der Waals surface area contributed by atoms with Crippen LogP contribution in [0, 0.1) is 15.9 Å². The largest absolute Gasteiger partial charge is 0.337 e. The minimum absolute atomic E-state index is 0.120. The van der Waals surface area contributed by atoms with Crippen LogP contribution in [0.1, 0.15) is 23.7 Å². The van der Waals surface area contributed by atoms with Gasteiger partial charge < -0.3 is 4.90 Å². The second-order valence-electron chi connectivity index (χ2n) is 3.90. The SMILES string of the molecule is CCCN(CCCl)C(=O)c1ccc(F)cc1[N+](=O)[O-]. The minimum atomic E-state index is -0.763. The first-order valence-electron chi connectivity index (χ1n) is 5.80. The van der Waals surface area contributed by atoms with E-state index in [-0.39, 0.29) is 11.4 Å². The predicted molar refractivity (Wildman–Crippen MR) is 70.0 cm³/mol. The van der Waals surface area contributed by atoms with Gasteiger partial charge in [-0.1, -0.05) is 6.92 Å². The van der Waals surface area contributed by atoms with Crippen molar-refractivity contribution >= 4 is 23.2 Å². The smallest absolute Gasteiger partial charge is 0.285 e. The molecule has 0 aliphatic heterocycles. The van der Waals surface area contributed by atoms with Crippen molar-refractivity contribution in [3.05, 3.63) is 39.7 Å². The molecule has 0 saturated heterocycles. The van der Waals surface area contributed by atoms with E-state index >= 15 is 0 Å². The fourth-order valence-electron chi connectivity index (χ4n) is 1.69. The molecule has 0 aromatic heterocycles. The molecule has 1 aromatic carbocycles. The molecule has 1 amide bonds. The van der Waals surface area contributed by atoms with Gasteiger partial charge in [-0.15, -0.1) is 11.6 Å². The molecule has 0 saturated carbocycles. The van der Waals surface area contributed by atoms with Crippen LogP contribution >= 0.6 is 11.6 Å². The molecule has 0 atom stereocenters. The van der Waals surface area contributed by atoms with Crippen LogP contribution in [-0.4, -0.2) is 34.7 Å². The first-order chi connectivity index (χ1) is 9.01. The van der Waals surface area contributed by atoms with Gasteiger partial charge in [0, 0.05) is 19.0 Å². The molecule has 0 aliphatic rings. The van der Waals surface area contributed by atoms with Gasteiger partial charge in [0.05, 0.1) is 11.0 Å². The highest BCUT2D eigenvalue weighted by atomic mass is 35.5. The highest BCUT2D eigenvalue weighted by Crippen LogP contribution is 2.21. The van der Waals surface area contributed by atoms with E-state index in [4.69, 9.17) is 11.6 Å². The molecule has 0 radical (unpaired) electrons. The molecule has 19 heavy (non-hydrogen) atoms. The number of nitro groups is 1. The number of alkyl halides is 1. The van der Waals surface area contributed by atoms with Crippen molar-refractivity contribution in [2.75, 3.05) is 19.0 Å². The second kappa shape index (κ2) is 7.04. The first-order valence-corrected chi connectivity index (χ1v) is 6.33. The lowest BCUT2D eigenvalue weighted by atomic mass is 10.1. The van der Waals surface area contributed by atoms with Gasteiger partial charge in [-0.25, -0.2) is 4.39 Å². The quantitative estimate of drug-likeness (QED) is 0.459. The summed E-state index contributed by atoms with van der Waals surface area (Å²) in [6.07, 6.45) is 0.706. The van der Waals surface area contributed by atoms with Crippen LogP contribution in [-0.2, 0) is 0 Å². The average molecular weight is 289 g/mol. The standard InChI is InChI=1S/C12H14ClFN2O3/c1-2-6-15(7-5-13)12(17)10-4-3-9(14)8-11(10)16(18)19/h3-4,8H,2,5-7H2,1H3. The van der Waals surface area contributed by atoms with Crippen molar-refractivity contribution in [1.82, 2.24) is 4.90 Å². The number of carbonyl (C=O) groups excluding carboxylic acids is 1. The van der Waals surface area contributed by atoms with Crippen LogP contribution in [0.2, 0.25) is 0 Å². The van der Waals surface area contributed by atoms with Gasteiger partial charge in [-0.05, 0) is 18.6 Å². The summed E-state index contributed by atoms with van der Waals surface area (Å²) in [5.74, 6) is -1.02. The van der Waals surface area contributed by atoms with Crippen LogP contribution < -0.4 is 0 Å². The van der Waals surface area contributed by atoms with E-state index in [9.17, 15) is 19.3 Å². The molecule has 5 nitrogen and oxygen atoms in total. The summed E-state index contributed by atoms with van der Waals surface area (Å²) in [5, 5.41) is 10.9. The number of rotatable bonds is 6. The van der Waals surface area contributed by atoms with Crippen molar-refractivity contribution in [3.8, 4) is 0 Å². The summed E-state index contributed by atoms with van der Waals surface area (Å²) in [4.78, 5) is 23.7. The molecular formula is C12H14ClFN2O3. The Balaban J connectivity index is 3.13. The van der Waals surface area contributed by atoms with Gasteiger partial charge in [0.2, 0.25) is 0 Å². The second-order valence-corrected chi connectivity index (χ2v) is 4.28. The van der Waals surface area contributed by atoms with E-state index in [1.807, 2.05) is 6.92 Å². The molecule has 104 valence electrons. The van der Waals surface area contributed by atoms with Gasteiger partial charge >= 0.3 is 0 Å². The summed E-state index contributed by atoms with van der Waals surface area (Å²) in [5.41, 5.74) is -0.648. The van der Waals surface area contributed by atoms with E-state index in [1.54, 1.807) is 0 Å². The number of halogens is 2. The van der Waals surface area contributed by atoms with E-state index < -0.39 is 22.3 Å².